The number of methoxy groups -OCH3 is 1. The zero-order valence-electron chi connectivity index (χ0n) is 15.2. The minimum absolute atomic E-state index is 0.0290. The molecule has 2 heterocycles. The van der Waals surface area contributed by atoms with E-state index in [2.05, 4.69) is 17.1 Å². The maximum Gasteiger partial charge on any atom is 0.341 e. The summed E-state index contributed by atoms with van der Waals surface area (Å²) in [6, 6.07) is 0. The molecule has 1 aliphatic heterocycles. The summed E-state index contributed by atoms with van der Waals surface area (Å²) >= 11 is 1.55. The number of thiophene rings is 1. The van der Waals surface area contributed by atoms with Crippen LogP contribution < -0.4 is 5.32 Å². The number of esters is 1. The number of ether oxygens (including phenoxy) is 1. The van der Waals surface area contributed by atoms with Crippen LogP contribution >= 0.6 is 11.3 Å². The molecule has 5 nitrogen and oxygen atoms in total. The quantitative estimate of drug-likeness (QED) is 0.831. The second kappa shape index (κ2) is 8.32. The van der Waals surface area contributed by atoms with Gasteiger partial charge in [-0.25, -0.2) is 4.79 Å². The van der Waals surface area contributed by atoms with Gasteiger partial charge in [0.25, 0.3) is 0 Å². The molecule has 1 N–H and O–H groups in total. The minimum atomic E-state index is -0.336. The first kappa shape index (κ1) is 18.4. The Balaban J connectivity index is 1.74. The third-order valence-electron chi connectivity index (χ3n) is 5.22. The number of carbonyl (C=O) groups is 2. The van der Waals surface area contributed by atoms with E-state index in [-0.39, 0.29) is 11.9 Å². The van der Waals surface area contributed by atoms with Crippen molar-refractivity contribution in [2.24, 2.45) is 5.92 Å². The van der Waals surface area contributed by atoms with Crippen molar-refractivity contribution in [1.82, 2.24) is 4.90 Å². The number of nitrogens with one attached hydrogen (secondary N) is 1. The topological polar surface area (TPSA) is 58.6 Å². The van der Waals surface area contributed by atoms with Crippen LogP contribution in [0.5, 0.6) is 0 Å². The second-order valence-electron chi connectivity index (χ2n) is 7.29. The van der Waals surface area contributed by atoms with Gasteiger partial charge in [-0.1, -0.05) is 19.8 Å². The Hall–Kier alpha value is -1.40. The first-order chi connectivity index (χ1) is 12.1. The summed E-state index contributed by atoms with van der Waals surface area (Å²) in [5.41, 5.74) is 1.67. The average Bonchev–Trinajstić information content (AvgIpc) is 2.75. The molecule has 0 unspecified atom stereocenters. The molecule has 1 aliphatic carbocycles. The summed E-state index contributed by atoms with van der Waals surface area (Å²) < 4.78 is 4.98. The number of nitrogens with zero attached hydrogens (tertiary/aromatic N) is 1. The maximum atomic E-state index is 12.5. The molecule has 138 valence electrons. The lowest BCUT2D eigenvalue weighted by Crippen LogP contribution is -2.34. The Kier molecular flexibility index (Phi) is 6.12. The highest BCUT2D eigenvalue weighted by Gasteiger charge is 2.29. The van der Waals surface area contributed by atoms with Gasteiger partial charge in [0.1, 0.15) is 5.00 Å². The lowest BCUT2D eigenvalue weighted by molar-refractivity contribution is -0.117. The summed E-state index contributed by atoms with van der Waals surface area (Å²) in [5, 5.41) is 3.67. The van der Waals surface area contributed by atoms with E-state index in [0.29, 0.717) is 23.0 Å². The van der Waals surface area contributed by atoms with Crippen molar-refractivity contribution in [3.8, 4) is 0 Å². The summed E-state index contributed by atoms with van der Waals surface area (Å²) in [5.74, 6) is 0.258. The summed E-state index contributed by atoms with van der Waals surface area (Å²) in [6.45, 7) is 4.60. The van der Waals surface area contributed by atoms with Gasteiger partial charge in [0, 0.05) is 4.88 Å². The van der Waals surface area contributed by atoms with Crippen molar-refractivity contribution in [3.63, 3.8) is 0 Å². The third-order valence-corrected chi connectivity index (χ3v) is 6.39. The number of anilines is 1. The van der Waals surface area contributed by atoms with Crippen molar-refractivity contribution in [1.29, 1.82) is 0 Å². The molecule has 3 rings (SSSR count). The fourth-order valence-electron chi connectivity index (χ4n) is 3.82. The van der Waals surface area contributed by atoms with Crippen LogP contribution in [0.3, 0.4) is 0 Å². The van der Waals surface area contributed by atoms with Gasteiger partial charge in [0.05, 0.1) is 19.2 Å². The summed E-state index contributed by atoms with van der Waals surface area (Å²) in [4.78, 5) is 28.3. The fourth-order valence-corrected chi connectivity index (χ4v) is 5.24. The van der Waals surface area contributed by atoms with Crippen LogP contribution in [-0.2, 0) is 22.4 Å². The number of likely N-dealkylation sites (tertiary alicyclic amines) is 1. The molecule has 1 fully saturated rings. The van der Waals surface area contributed by atoms with E-state index in [9.17, 15) is 9.59 Å². The molecule has 0 spiro atoms. The normalized spacial score (nSPS) is 21.3. The maximum absolute atomic E-state index is 12.5. The Labute approximate surface area is 153 Å². The number of amides is 1. The summed E-state index contributed by atoms with van der Waals surface area (Å²) in [7, 11) is 1.40. The molecular formula is C19H28N2O3S. The SMILES string of the molecule is COC(=O)c1c(NC(=O)CN2CCCCCC2)sc2c1CC[C@@H](C)C2. The Morgan fingerprint density at radius 3 is 2.64 bits per heavy atom. The molecule has 0 saturated carbocycles. The van der Waals surface area contributed by atoms with E-state index in [0.717, 1.165) is 50.8 Å². The van der Waals surface area contributed by atoms with E-state index in [1.54, 1.807) is 11.3 Å². The predicted octanol–water partition coefficient (Wildman–Crippen LogP) is 3.47. The standard InChI is InChI=1S/C19H28N2O3S/c1-13-7-8-14-15(11-13)25-18(17(14)19(23)24-2)20-16(22)12-21-9-5-3-4-6-10-21/h13H,3-12H2,1-2H3,(H,20,22)/t13-/m1/s1. The smallest absolute Gasteiger partial charge is 0.341 e. The third kappa shape index (κ3) is 4.42. The van der Waals surface area contributed by atoms with Crippen molar-refractivity contribution in [2.75, 3.05) is 32.1 Å². The lowest BCUT2D eigenvalue weighted by atomic mass is 9.88. The van der Waals surface area contributed by atoms with Crippen LogP contribution in [0.15, 0.2) is 0 Å². The molecule has 1 aromatic rings. The van der Waals surface area contributed by atoms with Crippen molar-refractivity contribution in [2.45, 2.75) is 51.9 Å². The van der Waals surface area contributed by atoms with Crippen LogP contribution in [0, 0.1) is 5.92 Å². The van der Waals surface area contributed by atoms with E-state index in [4.69, 9.17) is 4.74 Å². The zero-order chi connectivity index (χ0) is 17.8. The number of rotatable bonds is 4. The summed E-state index contributed by atoms with van der Waals surface area (Å²) in [6.07, 6.45) is 7.76. The monoisotopic (exact) mass is 364 g/mol. The van der Waals surface area contributed by atoms with Gasteiger partial charge in [-0.15, -0.1) is 11.3 Å². The second-order valence-corrected chi connectivity index (χ2v) is 8.39. The van der Waals surface area contributed by atoms with Gasteiger partial charge < -0.3 is 10.1 Å². The van der Waals surface area contributed by atoms with Crippen molar-refractivity contribution in [3.05, 3.63) is 16.0 Å². The molecule has 25 heavy (non-hydrogen) atoms. The van der Waals surface area contributed by atoms with Gasteiger partial charge in [-0.05, 0) is 56.7 Å². The van der Waals surface area contributed by atoms with Gasteiger partial charge in [-0.2, -0.15) is 0 Å². The first-order valence-electron chi connectivity index (χ1n) is 9.33. The predicted molar refractivity (Wildman–Crippen MR) is 100 cm³/mol. The average molecular weight is 365 g/mol. The van der Waals surface area contributed by atoms with E-state index < -0.39 is 0 Å². The van der Waals surface area contributed by atoms with Gasteiger partial charge in [-0.3, -0.25) is 9.69 Å². The fraction of sp³-hybridized carbons (Fsp3) is 0.684. The Morgan fingerprint density at radius 2 is 1.96 bits per heavy atom. The first-order valence-corrected chi connectivity index (χ1v) is 10.1. The van der Waals surface area contributed by atoms with Crippen molar-refractivity contribution >= 4 is 28.2 Å². The highest BCUT2D eigenvalue weighted by atomic mass is 32.1. The number of hydrogen-bond donors (Lipinski definition) is 1. The molecule has 1 saturated heterocycles. The highest BCUT2D eigenvalue weighted by Crippen LogP contribution is 2.40. The molecule has 0 radical (unpaired) electrons. The zero-order valence-corrected chi connectivity index (χ0v) is 16.0. The molecule has 1 atom stereocenters. The van der Waals surface area contributed by atoms with E-state index >= 15 is 0 Å². The molecule has 6 heteroatoms. The minimum Gasteiger partial charge on any atom is -0.465 e. The van der Waals surface area contributed by atoms with E-state index in [1.165, 1.54) is 24.8 Å². The number of fused-ring (bicyclic) bond motifs is 1. The molecule has 2 aliphatic rings. The molecule has 1 aromatic heterocycles. The number of carbonyl (C=O) groups excluding carboxylic acids is 2. The number of hydrogen-bond acceptors (Lipinski definition) is 5. The van der Waals surface area contributed by atoms with Crippen LogP contribution in [-0.4, -0.2) is 43.5 Å². The van der Waals surface area contributed by atoms with Crippen LogP contribution in [0.1, 0.15) is 59.8 Å². The van der Waals surface area contributed by atoms with Gasteiger partial charge >= 0.3 is 5.97 Å². The molecule has 1 amide bonds. The molecular weight excluding hydrogens is 336 g/mol. The highest BCUT2D eigenvalue weighted by molar-refractivity contribution is 7.17. The van der Waals surface area contributed by atoms with E-state index in [1.807, 2.05) is 0 Å². The Morgan fingerprint density at radius 1 is 1.24 bits per heavy atom. The molecule has 0 bridgehead atoms. The largest absolute Gasteiger partial charge is 0.465 e. The van der Waals surface area contributed by atoms with Gasteiger partial charge in [0.15, 0.2) is 0 Å². The van der Waals surface area contributed by atoms with Crippen LogP contribution in [0.4, 0.5) is 5.00 Å². The Bertz CT molecular complexity index is 633. The lowest BCUT2D eigenvalue weighted by Gasteiger charge is -2.19. The van der Waals surface area contributed by atoms with Crippen LogP contribution in [0.25, 0.3) is 0 Å². The van der Waals surface area contributed by atoms with Crippen LogP contribution in [0.2, 0.25) is 0 Å². The van der Waals surface area contributed by atoms with Gasteiger partial charge in [0.2, 0.25) is 5.91 Å². The molecule has 0 aromatic carbocycles. The van der Waals surface area contributed by atoms with Crippen molar-refractivity contribution < 1.29 is 14.3 Å².